The van der Waals surface area contributed by atoms with E-state index in [2.05, 4.69) is 5.10 Å². The predicted molar refractivity (Wildman–Crippen MR) is 119 cm³/mol. The highest BCUT2D eigenvalue weighted by Gasteiger charge is 2.30. The number of aliphatic carboxylic acids is 1. The molecule has 3 rings (SSSR count). The second-order valence-electron chi connectivity index (χ2n) is 8.26. The molecule has 0 aliphatic rings. The van der Waals surface area contributed by atoms with E-state index < -0.39 is 28.9 Å². The largest absolute Gasteiger partial charge is 0.492 e. The molecule has 0 aliphatic heterocycles. The van der Waals surface area contributed by atoms with Crippen LogP contribution >= 0.6 is 0 Å². The van der Waals surface area contributed by atoms with Crippen molar-refractivity contribution in [3.05, 3.63) is 89.3 Å². The van der Waals surface area contributed by atoms with Crippen LogP contribution < -0.4 is 4.74 Å². The van der Waals surface area contributed by atoms with Gasteiger partial charge in [-0.05, 0) is 49.7 Å². The van der Waals surface area contributed by atoms with E-state index >= 15 is 0 Å². The predicted octanol–water partition coefficient (Wildman–Crippen LogP) is 5.34. The third-order valence-corrected chi connectivity index (χ3v) is 5.05. The number of ether oxygens (including phenoxy) is 1. The van der Waals surface area contributed by atoms with Crippen molar-refractivity contribution in [2.75, 3.05) is 6.61 Å². The van der Waals surface area contributed by atoms with Crippen LogP contribution in [0.1, 0.15) is 41.0 Å². The molecule has 1 aromatic heterocycles. The topological polar surface area (TPSA) is 81.4 Å². The number of carboxylic acids is 1. The lowest BCUT2D eigenvalue weighted by Crippen LogP contribution is -2.30. The van der Waals surface area contributed by atoms with Crippen LogP contribution in [0.2, 0.25) is 0 Å². The van der Waals surface area contributed by atoms with Crippen LogP contribution in [0, 0.1) is 5.41 Å². The van der Waals surface area contributed by atoms with E-state index in [1.807, 2.05) is 6.07 Å². The first-order chi connectivity index (χ1) is 16.0. The number of halogens is 3. The Morgan fingerprint density at radius 1 is 1.09 bits per heavy atom. The minimum Gasteiger partial charge on any atom is -0.492 e. The molecule has 0 saturated heterocycles. The first kappa shape index (κ1) is 24.8. The standard InChI is InChI=1S/C25H23F3N2O4/c1-24(2,23(32)33)16-34-20-7-3-5-17(15-20)6-4-14-30-21(12-13-29-30)22(31)18-8-10-19(11-9-18)25(26,27)28/h3-13,15H,14,16H2,1-2H3,(H,32,33)/b6-4+. The number of carbonyl (C=O) groups excluding carboxylic acids is 1. The van der Waals surface area contributed by atoms with Crippen molar-refractivity contribution in [1.82, 2.24) is 9.78 Å². The summed E-state index contributed by atoms with van der Waals surface area (Å²) in [6.45, 7) is 3.42. The van der Waals surface area contributed by atoms with Gasteiger partial charge < -0.3 is 9.84 Å². The Balaban J connectivity index is 1.66. The Bertz CT molecular complexity index is 1200. The van der Waals surface area contributed by atoms with Crippen LogP contribution in [-0.2, 0) is 17.5 Å². The van der Waals surface area contributed by atoms with E-state index in [4.69, 9.17) is 4.74 Å². The summed E-state index contributed by atoms with van der Waals surface area (Å²) in [6, 6.07) is 12.6. The van der Waals surface area contributed by atoms with Crippen LogP contribution in [0.4, 0.5) is 13.2 Å². The fourth-order valence-corrected chi connectivity index (χ4v) is 2.95. The highest BCUT2D eigenvalue weighted by atomic mass is 19.4. The molecule has 34 heavy (non-hydrogen) atoms. The Morgan fingerprint density at radius 2 is 1.79 bits per heavy atom. The maximum Gasteiger partial charge on any atom is 0.416 e. The molecule has 178 valence electrons. The average molecular weight is 472 g/mol. The van der Waals surface area contributed by atoms with Gasteiger partial charge in [-0.3, -0.25) is 14.3 Å². The van der Waals surface area contributed by atoms with Gasteiger partial charge in [0, 0.05) is 11.8 Å². The van der Waals surface area contributed by atoms with Crippen LogP contribution in [0.15, 0.2) is 66.9 Å². The van der Waals surface area contributed by atoms with E-state index in [1.165, 1.54) is 16.9 Å². The van der Waals surface area contributed by atoms with Crippen molar-refractivity contribution < 1.29 is 32.6 Å². The molecular formula is C25H23F3N2O4. The van der Waals surface area contributed by atoms with Gasteiger partial charge in [0.25, 0.3) is 0 Å². The maximum atomic E-state index is 12.8. The van der Waals surface area contributed by atoms with Gasteiger partial charge >= 0.3 is 12.1 Å². The van der Waals surface area contributed by atoms with E-state index in [0.29, 0.717) is 5.75 Å². The van der Waals surface area contributed by atoms with Gasteiger partial charge in [0.15, 0.2) is 0 Å². The monoisotopic (exact) mass is 472 g/mol. The van der Waals surface area contributed by atoms with Crippen molar-refractivity contribution in [2.45, 2.75) is 26.6 Å². The number of hydrogen-bond acceptors (Lipinski definition) is 4. The smallest absolute Gasteiger partial charge is 0.416 e. The summed E-state index contributed by atoms with van der Waals surface area (Å²) in [6.07, 6.45) is 0.548. The minimum absolute atomic E-state index is 0.0121. The van der Waals surface area contributed by atoms with Crippen molar-refractivity contribution in [1.29, 1.82) is 0 Å². The number of benzene rings is 2. The third-order valence-electron chi connectivity index (χ3n) is 5.05. The molecule has 0 fully saturated rings. The number of nitrogens with zero attached hydrogens (tertiary/aromatic N) is 2. The van der Waals surface area contributed by atoms with Crippen molar-refractivity contribution >= 4 is 17.8 Å². The molecule has 0 radical (unpaired) electrons. The molecule has 2 aromatic carbocycles. The van der Waals surface area contributed by atoms with Gasteiger partial charge in [-0.2, -0.15) is 18.3 Å². The van der Waals surface area contributed by atoms with Crippen LogP contribution in [-0.4, -0.2) is 33.2 Å². The molecule has 9 heteroatoms. The Hall–Kier alpha value is -3.88. The maximum absolute atomic E-state index is 12.8. The molecule has 0 saturated carbocycles. The number of ketones is 1. The first-order valence-corrected chi connectivity index (χ1v) is 10.3. The van der Waals surface area contributed by atoms with Gasteiger partial charge in [0.1, 0.15) is 18.1 Å². The lowest BCUT2D eigenvalue weighted by molar-refractivity contribution is -0.148. The second kappa shape index (κ2) is 9.94. The molecule has 0 unspecified atom stereocenters. The normalized spacial score (nSPS) is 12.1. The lowest BCUT2D eigenvalue weighted by atomic mass is 9.95. The van der Waals surface area contributed by atoms with E-state index in [1.54, 1.807) is 44.2 Å². The van der Waals surface area contributed by atoms with E-state index in [9.17, 15) is 27.9 Å². The Labute approximate surface area is 194 Å². The van der Waals surface area contributed by atoms with Crippen LogP contribution in [0.5, 0.6) is 5.75 Å². The number of carboxylic acid groups (broad SMARTS) is 1. The molecular weight excluding hydrogens is 449 g/mol. The molecule has 0 spiro atoms. The molecule has 3 aromatic rings. The molecule has 1 heterocycles. The average Bonchev–Trinajstić information content (AvgIpc) is 3.25. The second-order valence-corrected chi connectivity index (χ2v) is 8.26. The number of aromatic nitrogens is 2. The number of hydrogen-bond donors (Lipinski definition) is 1. The number of rotatable bonds is 9. The molecule has 6 nitrogen and oxygen atoms in total. The summed E-state index contributed by atoms with van der Waals surface area (Å²) in [4.78, 5) is 24.0. The molecule has 1 N–H and O–H groups in total. The number of alkyl halides is 3. The summed E-state index contributed by atoms with van der Waals surface area (Å²) in [5.74, 6) is -0.866. The Kier molecular flexibility index (Phi) is 7.24. The molecule has 0 aliphatic carbocycles. The number of allylic oxidation sites excluding steroid dienone is 1. The minimum atomic E-state index is -4.47. The Morgan fingerprint density at radius 3 is 2.44 bits per heavy atom. The van der Waals surface area contributed by atoms with E-state index in [-0.39, 0.29) is 24.4 Å². The highest BCUT2D eigenvalue weighted by Crippen LogP contribution is 2.29. The van der Waals surface area contributed by atoms with E-state index in [0.717, 1.165) is 29.8 Å². The zero-order valence-electron chi connectivity index (χ0n) is 18.5. The van der Waals surface area contributed by atoms with Crippen LogP contribution in [0.25, 0.3) is 6.08 Å². The van der Waals surface area contributed by atoms with Gasteiger partial charge in [-0.1, -0.05) is 36.4 Å². The van der Waals surface area contributed by atoms with Gasteiger partial charge in [0.05, 0.1) is 17.5 Å². The summed E-state index contributed by atoms with van der Waals surface area (Å²) in [7, 11) is 0. The quantitative estimate of drug-likeness (QED) is 0.426. The zero-order valence-corrected chi connectivity index (χ0v) is 18.5. The summed E-state index contributed by atoms with van der Waals surface area (Å²) >= 11 is 0. The van der Waals surface area contributed by atoms with Crippen molar-refractivity contribution in [3.8, 4) is 5.75 Å². The molecule has 0 atom stereocenters. The first-order valence-electron chi connectivity index (χ1n) is 10.3. The summed E-state index contributed by atoms with van der Waals surface area (Å²) in [5.41, 5.74) is -0.668. The molecule has 0 amide bonds. The molecule has 0 bridgehead atoms. The van der Waals surface area contributed by atoms with Crippen LogP contribution in [0.3, 0.4) is 0 Å². The summed E-state index contributed by atoms with van der Waals surface area (Å²) in [5, 5.41) is 13.3. The van der Waals surface area contributed by atoms with Crippen molar-refractivity contribution in [2.24, 2.45) is 5.41 Å². The van der Waals surface area contributed by atoms with Crippen molar-refractivity contribution in [3.63, 3.8) is 0 Å². The van der Waals surface area contributed by atoms with Gasteiger partial charge in [-0.25, -0.2) is 0 Å². The fourth-order valence-electron chi connectivity index (χ4n) is 2.95. The SMILES string of the molecule is CC(C)(COc1cccc(/C=C/Cn2nccc2C(=O)c2ccc(C(F)(F)F)cc2)c1)C(=O)O. The lowest BCUT2D eigenvalue weighted by Gasteiger charge is -2.19. The highest BCUT2D eigenvalue weighted by molar-refractivity contribution is 6.07. The summed E-state index contributed by atoms with van der Waals surface area (Å²) < 4.78 is 45.3. The third kappa shape index (κ3) is 6.12. The zero-order chi connectivity index (χ0) is 24.9. The fraction of sp³-hybridized carbons (Fsp3) is 0.240. The van der Waals surface area contributed by atoms with Gasteiger partial charge in [-0.15, -0.1) is 0 Å². The number of carbonyl (C=O) groups is 2. The van der Waals surface area contributed by atoms with Gasteiger partial charge in [0.2, 0.25) is 5.78 Å².